The molecule has 1 aliphatic carbocycles. The Labute approximate surface area is 138 Å². The lowest BCUT2D eigenvalue weighted by molar-refractivity contribution is -0.123. The van der Waals surface area contributed by atoms with E-state index in [1.807, 2.05) is 7.05 Å². The molecule has 1 aliphatic rings. The molecule has 2 rings (SSSR count). The highest BCUT2D eigenvalue weighted by molar-refractivity contribution is 7.98. The van der Waals surface area contributed by atoms with Crippen molar-refractivity contribution in [2.75, 3.05) is 19.8 Å². The molecule has 22 heavy (non-hydrogen) atoms. The van der Waals surface area contributed by atoms with Crippen LogP contribution in [-0.4, -0.2) is 36.7 Å². The van der Waals surface area contributed by atoms with Crippen LogP contribution in [0.3, 0.4) is 0 Å². The van der Waals surface area contributed by atoms with Gasteiger partial charge in [-0.1, -0.05) is 31.9 Å². The van der Waals surface area contributed by atoms with Crippen LogP contribution >= 0.6 is 11.8 Å². The summed E-state index contributed by atoms with van der Waals surface area (Å²) in [5.74, 6) is 0.768. The van der Waals surface area contributed by atoms with Crippen LogP contribution in [0.15, 0.2) is 29.2 Å². The maximum Gasteiger partial charge on any atom is 0.234 e. The van der Waals surface area contributed by atoms with E-state index in [-0.39, 0.29) is 5.91 Å². The maximum absolute atomic E-state index is 12.2. The topological polar surface area (TPSA) is 32.3 Å². The van der Waals surface area contributed by atoms with E-state index in [1.165, 1.54) is 29.7 Å². The highest BCUT2D eigenvalue weighted by Gasteiger charge is 2.22. The van der Waals surface area contributed by atoms with Gasteiger partial charge in [0.25, 0.3) is 0 Å². The molecule has 4 heteroatoms. The van der Waals surface area contributed by atoms with Crippen molar-refractivity contribution in [1.82, 2.24) is 10.2 Å². The van der Waals surface area contributed by atoms with Gasteiger partial charge in [0.15, 0.2) is 0 Å². The molecule has 1 amide bonds. The lowest BCUT2D eigenvalue weighted by atomic mass is 9.86. The van der Waals surface area contributed by atoms with Crippen LogP contribution in [0, 0.1) is 5.92 Å². The molecule has 1 aromatic rings. The van der Waals surface area contributed by atoms with E-state index in [4.69, 9.17) is 0 Å². The van der Waals surface area contributed by atoms with Crippen molar-refractivity contribution in [3.63, 3.8) is 0 Å². The lowest BCUT2D eigenvalue weighted by Crippen LogP contribution is -2.44. The molecule has 0 aromatic heterocycles. The van der Waals surface area contributed by atoms with Crippen molar-refractivity contribution in [1.29, 1.82) is 0 Å². The van der Waals surface area contributed by atoms with Gasteiger partial charge in [-0.15, -0.1) is 11.8 Å². The van der Waals surface area contributed by atoms with Crippen LogP contribution in [0.1, 0.15) is 38.2 Å². The predicted molar refractivity (Wildman–Crippen MR) is 94.1 cm³/mol. The Morgan fingerprint density at radius 3 is 2.59 bits per heavy atom. The number of nitrogens with zero attached hydrogens (tertiary/aromatic N) is 1. The molecule has 1 N–H and O–H groups in total. The molecule has 0 radical (unpaired) electrons. The number of rotatable bonds is 6. The van der Waals surface area contributed by atoms with E-state index in [9.17, 15) is 4.79 Å². The van der Waals surface area contributed by atoms with E-state index in [1.54, 1.807) is 11.8 Å². The van der Waals surface area contributed by atoms with Crippen LogP contribution in [0.4, 0.5) is 0 Å². The summed E-state index contributed by atoms with van der Waals surface area (Å²) in [7, 11) is 2.01. The lowest BCUT2D eigenvalue weighted by Gasteiger charge is -2.30. The Morgan fingerprint density at radius 2 is 1.95 bits per heavy atom. The van der Waals surface area contributed by atoms with Gasteiger partial charge >= 0.3 is 0 Å². The number of benzene rings is 1. The summed E-state index contributed by atoms with van der Waals surface area (Å²) in [5, 5.41) is 3.22. The van der Waals surface area contributed by atoms with Crippen molar-refractivity contribution in [3.05, 3.63) is 29.8 Å². The van der Waals surface area contributed by atoms with Crippen LogP contribution in [-0.2, 0) is 11.3 Å². The van der Waals surface area contributed by atoms with Crippen molar-refractivity contribution >= 4 is 17.7 Å². The van der Waals surface area contributed by atoms with Gasteiger partial charge < -0.3 is 5.32 Å². The van der Waals surface area contributed by atoms with Gasteiger partial charge in [-0.05, 0) is 49.8 Å². The van der Waals surface area contributed by atoms with Gasteiger partial charge in [-0.25, -0.2) is 0 Å². The fraction of sp³-hybridized carbons (Fsp3) is 0.611. The molecule has 122 valence electrons. The predicted octanol–water partition coefficient (Wildman–Crippen LogP) is 3.54. The third-order valence-electron chi connectivity index (χ3n) is 4.48. The summed E-state index contributed by atoms with van der Waals surface area (Å²) in [5.41, 5.74) is 1.25. The number of thioether (sulfide) groups is 1. The highest BCUT2D eigenvalue weighted by atomic mass is 32.2. The first-order valence-corrected chi connectivity index (χ1v) is 9.42. The van der Waals surface area contributed by atoms with E-state index in [2.05, 4.69) is 47.7 Å². The third kappa shape index (κ3) is 5.33. The van der Waals surface area contributed by atoms with Gasteiger partial charge in [0, 0.05) is 17.5 Å². The number of amides is 1. The van der Waals surface area contributed by atoms with Crippen LogP contribution in [0.2, 0.25) is 0 Å². The number of likely N-dealkylation sites (N-methyl/N-ethyl adjacent to an activating group) is 1. The molecular weight excluding hydrogens is 292 g/mol. The molecule has 0 bridgehead atoms. The first kappa shape index (κ1) is 17.4. The third-order valence-corrected chi connectivity index (χ3v) is 5.23. The Kier molecular flexibility index (Phi) is 6.77. The summed E-state index contributed by atoms with van der Waals surface area (Å²) in [6.45, 7) is 3.52. The van der Waals surface area contributed by atoms with E-state index < -0.39 is 0 Å². The maximum atomic E-state index is 12.2. The minimum atomic E-state index is 0.155. The quantitative estimate of drug-likeness (QED) is 0.814. The highest BCUT2D eigenvalue weighted by Crippen LogP contribution is 2.23. The average molecular weight is 321 g/mol. The number of carbonyl (C=O) groups is 1. The zero-order valence-electron chi connectivity index (χ0n) is 14.0. The first-order chi connectivity index (χ1) is 10.6. The number of carbonyl (C=O) groups excluding carboxylic acids is 1. The number of nitrogens with one attached hydrogen (secondary N) is 1. The van der Waals surface area contributed by atoms with Crippen LogP contribution in [0.25, 0.3) is 0 Å². The normalized spacial score (nSPS) is 21.8. The largest absolute Gasteiger partial charge is 0.352 e. The second-order valence-electron chi connectivity index (χ2n) is 6.46. The summed E-state index contributed by atoms with van der Waals surface area (Å²) in [6.07, 6.45) is 7.00. The van der Waals surface area contributed by atoms with Crippen LogP contribution < -0.4 is 5.32 Å². The molecule has 0 spiro atoms. The van der Waals surface area contributed by atoms with Gasteiger partial charge in [0.2, 0.25) is 5.91 Å². The molecule has 0 heterocycles. The van der Waals surface area contributed by atoms with Crippen molar-refractivity contribution in [2.24, 2.45) is 5.92 Å². The SMILES string of the molecule is CSc1ccc(CN(C)CC(=O)N[C@@H]2CCCC[C@@H]2C)cc1. The summed E-state index contributed by atoms with van der Waals surface area (Å²) in [6, 6.07) is 8.93. The molecule has 3 nitrogen and oxygen atoms in total. The van der Waals surface area contributed by atoms with Crippen molar-refractivity contribution in [2.45, 2.75) is 50.1 Å². The molecule has 0 unspecified atom stereocenters. The fourth-order valence-electron chi connectivity index (χ4n) is 3.13. The first-order valence-electron chi connectivity index (χ1n) is 8.19. The van der Waals surface area contributed by atoms with Gasteiger partial charge in [0.1, 0.15) is 0 Å². The van der Waals surface area contributed by atoms with Gasteiger partial charge in [-0.3, -0.25) is 9.69 Å². The number of hydrogen-bond acceptors (Lipinski definition) is 3. The standard InChI is InChI=1S/C18H28N2OS/c1-14-6-4-5-7-17(14)19-18(21)13-20(2)12-15-8-10-16(22-3)11-9-15/h8-11,14,17H,4-7,12-13H2,1-3H3,(H,19,21)/t14-,17+/m0/s1. The van der Waals surface area contributed by atoms with Crippen molar-refractivity contribution < 1.29 is 4.79 Å². The average Bonchev–Trinajstić information content (AvgIpc) is 2.50. The molecule has 1 saturated carbocycles. The smallest absolute Gasteiger partial charge is 0.234 e. The van der Waals surface area contributed by atoms with Crippen molar-refractivity contribution in [3.8, 4) is 0 Å². The molecular formula is C18H28N2OS. The second kappa shape index (κ2) is 8.59. The van der Waals surface area contributed by atoms with E-state index in [0.29, 0.717) is 18.5 Å². The molecule has 0 aliphatic heterocycles. The summed E-state index contributed by atoms with van der Waals surface area (Å²) in [4.78, 5) is 15.6. The number of hydrogen-bond donors (Lipinski definition) is 1. The minimum absolute atomic E-state index is 0.155. The Bertz CT molecular complexity index is 474. The zero-order valence-corrected chi connectivity index (χ0v) is 14.8. The van der Waals surface area contributed by atoms with Gasteiger partial charge in [-0.2, -0.15) is 0 Å². The minimum Gasteiger partial charge on any atom is -0.352 e. The molecule has 0 saturated heterocycles. The van der Waals surface area contributed by atoms with Crippen LogP contribution in [0.5, 0.6) is 0 Å². The van der Waals surface area contributed by atoms with E-state index >= 15 is 0 Å². The summed E-state index contributed by atoms with van der Waals surface area (Å²) >= 11 is 1.75. The molecule has 1 aromatic carbocycles. The van der Waals surface area contributed by atoms with E-state index in [0.717, 1.165) is 13.0 Å². The van der Waals surface area contributed by atoms with Gasteiger partial charge in [0.05, 0.1) is 6.54 Å². The monoisotopic (exact) mass is 320 g/mol. The molecule has 1 fully saturated rings. The summed E-state index contributed by atoms with van der Waals surface area (Å²) < 4.78 is 0. The fourth-order valence-corrected chi connectivity index (χ4v) is 3.54. The Balaban J connectivity index is 1.77. The second-order valence-corrected chi connectivity index (χ2v) is 7.34. The Morgan fingerprint density at radius 1 is 1.27 bits per heavy atom. The Hall–Kier alpha value is -1.00. The molecule has 2 atom stereocenters. The zero-order chi connectivity index (χ0) is 15.9.